The van der Waals surface area contributed by atoms with Crippen LogP contribution in [0.5, 0.6) is 0 Å². The molecule has 0 aliphatic heterocycles. The van der Waals surface area contributed by atoms with Crippen molar-refractivity contribution < 1.29 is 0 Å². The predicted octanol–water partition coefficient (Wildman–Crippen LogP) is 3.94. The van der Waals surface area contributed by atoms with Crippen molar-refractivity contribution in [2.24, 2.45) is 4.99 Å². The van der Waals surface area contributed by atoms with Gasteiger partial charge in [-0.3, -0.25) is 4.99 Å². The summed E-state index contributed by atoms with van der Waals surface area (Å²) in [5.41, 5.74) is 4.57. The van der Waals surface area contributed by atoms with Crippen LogP contribution in [0.4, 0.5) is 0 Å². The van der Waals surface area contributed by atoms with E-state index >= 15 is 0 Å². The Kier molecular flexibility index (Phi) is 5.86. The lowest BCUT2D eigenvalue weighted by atomic mass is 10.0. The van der Waals surface area contributed by atoms with E-state index < -0.39 is 0 Å². The first-order valence-corrected chi connectivity index (χ1v) is 5.01. The molecule has 0 aliphatic rings. The zero-order chi connectivity index (χ0) is 11.1. The second-order valence-electron chi connectivity index (χ2n) is 3.66. The average molecular weight is 191 g/mol. The smallest absolute Gasteiger partial charge is 0.0391 e. The van der Waals surface area contributed by atoms with E-state index in [2.05, 4.69) is 37.6 Å². The van der Waals surface area contributed by atoms with Gasteiger partial charge in [-0.25, -0.2) is 0 Å². The molecule has 0 bridgehead atoms. The van der Waals surface area contributed by atoms with E-state index in [1.165, 1.54) is 5.57 Å². The molecule has 78 valence electrons. The van der Waals surface area contributed by atoms with Crippen molar-refractivity contribution in [3.8, 4) is 0 Å². The van der Waals surface area contributed by atoms with Crippen LogP contribution in [0.25, 0.3) is 0 Å². The molecule has 0 N–H and O–H groups in total. The van der Waals surface area contributed by atoms with Crippen LogP contribution in [-0.2, 0) is 0 Å². The number of allylic oxidation sites excluding steroid dienone is 5. The Hall–Kier alpha value is -1.11. The molecule has 0 heterocycles. The van der Waals surface area contributed by atoms with Crippen LogP contribution in [0.3, 0.4) is 0 Å². The van der Waals surface area contributed by atoms with Crippen LogP contribution in [-0.4, -0.2) is 12.3 Å². The molecule has 0 aromatic carbocycles. The lowest BCUT2D eigenvalue weighted by Crippen LogP contribution is -1.99. The summed E-state index contributed by atoms with van der Waals surface area (Å²) in [5, 5.41) is 0. The van der Waals surface area contributed by atoms with Crippen molar-refractivity contribution >= 4 is 5.71 Å². The quantitative estimate of drug-likeness (QED) is 0.471. The third kappa shape index (κ3) is 4.80. The van der Waals surface area contributed by atoms with Crippen molar-refractivity contribution in [3.63, 3.8) is 0 Å². The van der Waals surface area contributed by atoms with Crippen molar-refractivity contribution in [1.82, 2.24) is 0 Å². The van der Waals surface area contributed by atoms with Gasteiger partial charge in [0, 0.05) is 12.3 Å². The van der Waals surface area contributed by atoms with Crippen molar-refractivity contribution in [3.05, 3.63) is 35.5 Å². The molecule has 0 atom stereocenters. The molecule has 0 aliphatic carbocycles. The molecule has 0 amide bonds. The minimum atomic E-state index is 0.825. The summed E-state index contributed by atoms with van der Waals surface area (Å²) in [6.45, 7) is 15.0. The first-order valence-electron chi connectivity index (χ1n) is 5.01. The Bertz CT molecular complexity index is 286. The minimum Gasteiger partial charge on any atom is -0.290 e. The van der Waals surface area contributed by atoms with Crippen LogP contribution in [0, 0.1) is 0 Å². The number of hydrogen-bond acceptors (Lipinski definition) is 1. The maximum atomic E-state index is 4.38. The van der Waals surface area contributed by atoms with Gasteiger partial charge in [0.05, 0.1) is 0 Å². The fourth-order valence-corrected chi connectivity index (χ4v) is 1.14. The molecule has 0 rings (SSSR count). The van der Waals surface area contributed by atoms with Gasteiger partial charge >= 0.3 is 0 Å². The third-order valence-corrected chi connectivity index (χ3v) is 1.83. The topological polar surface area (TPSA) is 12.4 Å². The molecule has 0 saturated heterocycles. The zero-order valence-electron chi connectivity index (χ0n) is 10.0. The van der Waals surface area contributed by atoms with Gasteiger partial charge in [0.2, 0.25) is 0 Å². The van der Waals surface area contributed by atoms with E-state index in [1.54, 1.807) is 0 Å². The Morgan fingerprint density at radius 3 is 2.07 bits per heavy atom. The number of rotatable bonds is 4. The lowest BCUT2D eigenvalue weighted by Gasteiger charge is -2.05. The SMILES string of the molecule is C=C(C)C(=C\C=C(C)C)/C(C)=N\CC. The molecular formula is C13H21N. The van der Waals surface area contributed by atoms with Gasteiger partial charge in [-0.15, -0.1) is 0 Å². The average Bonchev–Trinajstić information content (AvgIpc) is 2.03. The fourth-order valence-electron chi connectivity index (χ4n) is 1.14. The molecule has 0 aromatic rings. The van der Waals surface area contributed by atoms with Crippen LogP contribution in [0.15, 0.2) is 40.4 Å². The van der Waals surface area contributed by atoms with Crippen molar-refractivity contribution in [1.29, 1.82) is 0 Å². The van der Waals surface area contributed by atoms with Crippen molar-refractivity contribution in [2.45, 2.75) is 34.6 Å². The predicted molar refractivity (Wildman–Crippen MR) is 66.0 cm³/mol. The van der Waals surface area contributed by atoms with Crippen LogP contribution >= 0.6 is 0 Å². The maximum absolute atomic E-state index is 4.38. The lowest BCUT2D eigenvalue weighted by molar-refractivity contribution is 1.12. The number of nitrogens with zero attached hydrogens (tertiary/aromatic N) is 1. The normalized spacial score (nSPS) is 12.6. The summed E-state index contributed by atoms with van der Waals surface area (Å²) in [7, 11) is 0. The highest BCUT2D eigenvalue weighted by Crippen LogP contribution is 2.10. The summed E-state index contributed by atoms with van der Waals surface area (Å²) in [6.07, 6.45) is 4.19. The van der Waals surface area contributed by atoms with Gasteiger partial charge < -0.3 is 0 Å². The molecule has 0 aromatic heterocycles. The fraction of sp³-hybridized carbons (Fsp3) is 0.462. The molecule has 1 nitrogen and oxygen atoms in total. The van der Waals surface area contributed by atoms with E-state index in [0.29, 0.717) is 0 Å². The highest BCUT2D eigenvalue weighted by Gasteiger charge is 2.00. The minimum absolute atomic E-state index is 0.825. The first-order chi connectivity index (χ1) is 6.49. The summed E-state index contributed by atoms with van der Waals surface area (Å²) in [6, 6.07) is 0. The highest BCUT2D eigenvalue weighted by atomic mass is 14.7. The zero-order valence-corrected chi connectivity index (χ0v) is 10.0. The molecule has 0 unspecified atom stereocenters. The monoisotopic (exact) mass is 191 g/mol. The van der Waals surface area contributed by atoms with E-state index in [0.717, 1.165) is 23.4 Å². The van der Waals surface area contributed by atoms with E-state index in [1.807, 2.05) is 20.8 Å². The van der Waals surface area contributed by atoms with Crippen LogP contribution in [0.1, 0.15) is 34.6 Å². The third-order valence-electron chi connectivity index (χ3n) is 1.83. The summed E-state index contributed by atoms with van der Waals surface area (Å²) in [4.78, 5) is 4.38. The molecular weight excluding hydrogens is 170 g/mol. The first kappa shape index (κ1) is 12.9. The standard InChI is InChI=1S/C13H21N/c1-7-14-12(6)13(11(4)5)9-8-10(2)3/h8-9H,4,7H2,1-3,5-6H3/b13-9+,14-12-. The Labute approximate surface area is 87.9 Å². The van der Waals surface area contributed by atoms with E-state index in [4.69, 9.17) is 0 Å². The van der Waals surface area contributed by atoms with Gasteiger partial charge in [0.1, 0.15) is 0 Å². The van der Waals surface area contributed by atoms with Gasteiger partial charge in [-0.1, -0.05) is 24.3 Å². The van der Waals surface area contributed by atoms with Gasteiger partial charge in [0.15, 0.2) is 0 Å². The highest BCUT2D eigenvalue weighted by molar-refractivity contribution is 6.02. The van der Waals surface area contributed by atoms with Gasteiger partial charge in [0.25, 0.3) is 0 Å². The summed E-state index contributed by atoms with van der Waals surface area (Å²) < 4.78 is 0. The van der Waals surface area contributed by atoms with Gasteiger partial charge in [-0.05, 0) is 45.8 Å². The molecule has 0 spiro atoms. The Morgan fingerprint density at radius 1 is 1.14 bits per heavy atom. The number of aliphatic imine (C=N–C) groups is 1. The molecule has 0 saturated carbocycles. The number of hydrogen-bond donors (Lipinski definition) is 0. The molecule has 0 fully saturated rings. The Balaban J connectivity index is 4.96. The largest absolute Gasteiger partial charge is 0.290 e. The van der Waals surface area contributed by atoms with E-state index in [9.17, 15) is 0 Å². The van der Waals surface area contributed by atoms with Gasteiger partial charge in [-0.2, -0.15) is 0 Å². The molecule has 14 heavy (non-hydrogen) atoms. The Morgan fingerprint density at radius 2 is 1.71 bits per heavy atom. The molecule has 1 heteroatoms. The molecule has 0 radical (unpaired) electrons. The summed E-state index contributed by atoms with van der Waals surface area (Å²) >= 11 is 0. The summed E-state index contributed by atoms with van der Waals surface area (Å²) in [5.74, 6) is 0. The maximum Gasteiger partial charge on any atom is 0.0391 e. The van der Waals surface area contributed by atoms with Crippen LogP contribution < -0.4 is 0 Å². The van der Waals surface area contributed by atoms with E-state index in [-0.39, 0.29) is 0 Å². The second-order valence-corrected chi connectivity index (χ2v) is 3.66. The second kappa shape index (κ2) is 6.36. The van der Waals surface area contributed by atoms with Crippen LogP contribution in [0.2, 0.25) is 0 Å². The van der Waals surface area contributed by atoms with Crippen molar-refractivity contribution in [2.75, 3.05) is 6.54 Å².